The molecule has 0 spiro atoms. The Labute approximate surface area is 206 Å². The summed E-state index contributed by atoms with van der Waals surface area (Å²) in [6.45, 7) is 2.54. The Balaban J connectivity index is 1.20. The summed E-state index contributed by atoms with van der Waals surface area (Å²) in [5.74, 6) is -2.63. The second kappa shape index (κ2) is 9.43. The molecule has 0 atom stereocenters. The normalized spacial score (nSPS) is 15.4. The van der Waals surface area contributed by atoms with Crippen molar-refractivity contribution in [3.05, 3.63) is 88.2 Å². The number of carbonyl (C=O) groups is 3. The first-order valence-corrected chi connectivity index (χ1v) is 11.5. The molecule has 0 radical (unpaired) electrons. The monoisotopic (exact) mass is 490 g/mol. The number of hydrogen-bond acceptors (Lipinski definition) is 8. The highest BCUT2D eigenvalue weighted by atomic mass is 19.1. The smallest absolute Gasteiger partial charge is 0.320 e. The first-order chi connectivity index (χ1) is 17.3. The van der Waals surface area contributed by atoms with E-state index < -0.39 is 23.3 Å². The molecule has 3 aromatic rings. The number of phenols is 2. The maximum absolute atomic E-state index is 13.1. The minimum Gasteiger partial charge on any atom is -0.507 e. The third-order valence-electron chi connectivity index (χ3n) is 6.48. The number of nitrogens with zero attached hydrogens (tertiary/aromatic N) is 2. The summed E-state index contributed by atoms with van der Waals surface area (Å²) in [6, 6.07) is 13.2. The number of benzene rings is 3. The zero-order valence-corrected chi connectivity index (χ0v) is 19.2. The lowest BCUT2D eigenvalue weighted by Gasteiger charge is -2.35. The van der Waals surface area contributed by atoms with Crippen molar-refractivity contribution in [2.24, 2.45) is 0 Å². The summed E-state index contributed by atoms with van der Waals surface area (Å²) >= 11 is 0. The van der Waals surface area contributed by atoms with Gasteiger partial charge in [0.25, 0.3) is 0 Å². The van der Waals surface area contributed by atoms with E-state index in [1.54, 1.807) is 12.1 Å². The van der Waals surface area contributed by atoms with Crippen LogP contribution in [0.1, 0.15) is 37.4 Å². The van der Waals surface area contributed by atoms with Crippen molar-refractivity contribution in [2.45, 2.75) is 6.61 Å². The fourth-order valence-corrected chi connectivity index (χ4v) is 4.63. The number of aromatic hydroxyl groups is 2. The first kappa shape index (κ1) is 23.5. The Kier molecular flexibility index (Phi) is 6.15. The van der Waals surface area contributed by atoms with E-state index >= 15 is 0 Å². The first-order valence-electron chi connectivity index (χ1n) is 11.5. The van der Waals surface area contributed by atoms with Crippen molar-refractivity contribution in [3.8, 4) is 11.5 Å². The van der Waals surface area contributed by atoms with E-state index in [-0.39, 0.29) is 47.0 Å². The number of piperazine rings is 1. The van der Waals surface area contributed by atoms with Crippen LogP contribution in [0.3, 0.4) is 0 Å². The van der Waals surface area contributed by atoms with Crippen LogP contribution in [0, 0.1) is 5.82 Å². The minimum absolute atomic E-state index is 0.000985. The SMILES string of the molecule is O=C(CN1CCN(c2ccc(F)cc2)CC1)OCc1cc(O)c2c(c1)C(=O)c1cccc(O)c1C2=O. The summed E-state index contributed by atoms with van der Waals surface area (Å²) in [7, 11) is 0. The lowest BCUT2D eigenvalue weighted by Crippen LogP contribution is -2.48. The summed E-state index contributed by atoms with van der Waals surface area (Å²) in [4.78, 5) is 42.3. The predicted octanol–water partition coefficient (Wildman–Crippen LogP) is 2.88. The highest BCUT2D eigenvalue weighted by Crippen LogP contribution is 2.37. The molecule has 8 nitrogen and oxygen atoms in total. The van der Waals surface area contributed by atoms with Crippen LogP contribution >= 0.6 is 0 Å². The van der Waals surface area contributed by atoms with Gasteiger partial charge >= 0.3 is 5.97 Å². The Morgan fingerprint density at radius 3 is 2.28 bits per heavy atom. The predicted molar refractivity (Wildman–Crippen MR) is 128 cm³/mol. The van der Waals surface area contributed by atoms with E-state index in [1.165, 1.54) is 42.5 Å². The van der Waals surface area contributed by atoms with Crippen molar-refractivity contribution in [1.29, 1.82) is 0 Å². The van der Waals surface area contributed by atoms with Gasteiger partial charge in [0.05, 0.1) is 17.7 Å². The molecular weight excluding hydrogens is 467 g/mol. The Morgan fingerprint density at radius 2 is 1.56 bits per heavy atom. The number of halogens is 1. The van der Waals surface area contributed by atoms with Crippen LogP contribution in [0.5, 0.6) is 11.5 Å². The molecule has 0 unspecified atom stereocenters. The molecule has 1 fully saturated rings. The molecule has 1 aliphatic heterocycles. The maximum atomic E-state index is 13.1. The third-order valence-corrected chi connectivity index (χ3v) is 6.48. The number of ether oxygens (including phenoxy) is 1. The molecule has 1 heterocycles. The quantitative estimate of drug-likeness (QED) is 0.412. The number of carbonyl (C=O) groups excluding carboxylic acids is 3. The molecule has 1 aliphatic carbocycles. The zero-order chi connectivity index (χ0) is 25.4. The fraction of sp³-hybridized carbons (Fsp3) is 0.222. The Morgan fingerprint density at radius 1 is 0.861 bits per heavy atom. The van der Waals surface area contributed by atoms with Gasteiger partial charge in [0, 0.05) is 43.0 Å². The van der Waals surface area contributed by atoms with Gasteiger partial charge < -0.3 is 19.8 Å². The van der Waals surface area contributed by atoms with E-state index in [9.17, 15) is 29.0 Å². The lowest BCUT2D eigenvalue weighted by atomic mass is 9.82. The van der Waals surface area contributed by atoms with Gasteiger partial charge in [0.15, 0.2) is 5.78 Å². The van der Waals surface area contributed by atoms with Crippen molar-refractivity contribution in [1.82, 2.24) is 4.90 Å². The van der Waals surface area contributed by atoms with Crippen LogP contribution in [0.25, 0.3) is 0 Å². The van der Waals surface area contributed by atoms with Crippen LogP contribution in [-0.2, 0) is 16.1 Å². The lowest BCUT2D eigenvalue weighted by molar-refractivity contribution is -0.146. The number of phenolic OH excluding ortho intramolecular Hbond substituents is 2. The minimum atomic E-state index is -0.640. The Bertz CT molecular complexity index is 1360. The van der Waals surface area contributed by atoms with Crippen LogP contribution in [0.2, 0.25) is 0 Å². The molecule has 36 heavy (non-hydrogen) atoms. The highest BCUT2D eigenvalue weighted by molar-refractivity contribution is 6.30. The largest absolute Gasteiger partial charge is 0.507 e. The Hall–Kier alpha value is -4.24. The summed E-state index contributed by atoms with van der Waals surface area (Å²) < 4.78 is 18.5. The van der Waals surface area contributed by atoms with Crippen LogP contribution in [0.15, 0.2) is 54.6 Å². The number of anilines is 1. The van der Waals surface area contributed by atoms with E-state index in [0.717, 1.165) is 5.69 Å². The number of hydrogen-bond donors (Lipinski definition) is 2. The molecule has 9 heteroatoms. The molecule has 184 valence electrons. The van der Waals surface area contributed by atoms with Gasteiger partial charge in [-0.2, -0.15) is 0 Å². The zero-order valence-electron chi connectivity index (χ0n) is 19.2. The van der Waals surface area contributed by atoms with Crippen molar-refractivity contribution >= 4 is 23.2 Å². The molecule has 0 saturated carbocycles. The second-order valence-corrected chi connectivity index (χ2v) is 8.80. The number of esters is 1. The van der Waals surface area contributed by atoms with Crippen molar-refractivity contribution < 1.29 is 33.7 Å². The molecule has 2 N–H and O–H groups in total. The second-order valence-electron chi connectivity index (χ2n) is 8.80. The van der Waals surface area contributed by atoms with E-state index in [4.69, 9.17) is 4.74 Å². The van der Waals surface area contributed by atoms with Crippen molar-refractivity contribution in [3.63, 3.8) is 0 Å². The average Bonchev–Trinajstić information content (AvgIpc) is 2.86. The van der Waals surface area contributed by atoms with E-state index in [2.05, 4.69) is 4.90 Å². The highest BCUT2D eigenvalue weighted by Gasteiger charge is 2.34. The van der Waals surface area contributed by atoms with Crippen LogP contribution < -0.4 is 4.90 Å². The topological polar surface area (TPSA) is 107 Å². The maximum Gasteiger partial charge on any atom is 0.320 e. The van der Waals surface area contributed by atoms with Gasteiger partial charge in [-0.1, -0.05) is 12.1 Å². The van der Waals surface area contributed by atoms with Gasteiger partial charge in [-0.15, -0.1) is 0 Å². The number of ketones is 2. The number of fused-ring (bicyclic) bond motifs is 2. The van der Waals surface area contributed by atoms with Crippen LogP contribution in [0.4, 0.5) is 10.1 Å². The van der Waals surface area contributed by atoms with E-state index in [0.29, 0.717) is 31.7 Å². The molecule has 5 rings (SSSR count). The summed E-state index contributed by atoms with van der Waals surface area (Å²) in [5, 5.41) is 20.5. The van der Waals surface area contributed by atoms with Gasteiger partial charge in [-0.25, -0.2) is 4.39 Å². The van der Waals surface area contributed by atoms with Gasteiger partial charge in [0.1, 0.15) is 23.9 Å². The van der Waals surface area contributed by atoms with E-state index in [1.807, 2.05) is 4.90 Å². The van der Waals surface area contributed by atoms with Crippen LogP contribution in [-0.4, -0.2) is 65.4 Å². The molecule has 1 saturated heterocycles. The molecule has 0 aromatic heterocycles. The summed E-state index contributed by atoms with van der Waals surface area (Å²) in [6.07, 6.45) is 0. The van der Waals surface area contributed by atoms with Gasteiger partial charge in [-0.05, 0) is 48.0 Å². The molecule has 0 bridgehead atoms. The van der Waals surface area contributed by atoms with Gasteiger partial charge in [0.2, 0.25) is 5.78 Å². The molecular formula is C27H23FN2O6. The molecule has 3 aromatic carbocycles. The molecule has 0 amide bonds. The molecule has 2 aliphatic rings. The average molecular weight is 490 g/mol. The fourth-order valence-electron chi connectivity index (χ4n) is 4.63. The number of rotatable bonds is 5. The standard InChI is InChI=1S/C27H23FN2O6/c28-17-4-6-18(7-5-17)30-10-8-29(9-11-30)14-23(33)36-15-16-12-20-25(22(32)13-16)27(35)24-19(26(20)34)2-1-3-21(24)31/h1-7,12-13,31-32H,8-11,14-15H2. The van der Waals surface area contributed by atoms with Crippen molar-refractivity contribution in [2.75, 3.05) is 37.6 Å². The van der Waals surface area contributed by atoms with Gasteiger partial charge in [-0.3, -0.25) is 19.3 Å². The third kappa shape index (κ3) is 4.40. The summed E-state index contributed by atoms with van der Waals surface area (Å²) in [5.41, 5.74) is 1.04.